The molecular formula is C20H28N2O3. The second-order valence-corrected chi connectivity index (χ2v) is 7.86. The van der Waals surface area contributed by atoms with E-state index in [9.17, 15) is 9.90 Å². The first kappa shape index (κ1) is 17.0. The lowest BCUT2D eigenvalue weighted by atomic mass is 9.75. The van der Waals surface area contributed by atoms with Gasteiger partial charge >= 0.3 is 0 Å². The molecule has 5 nitrogen and oxygen atoms in total. The van der Waals surface area contributed by atoms with Gasteiger partial charge in [0.2, 0.25) is 0 Å². The number of benzene rings is 1. The van der Waals surface area contributed by atoms with Crippen molar-refractivity contribution < 1.29 is 14.6 Å². The van der Waals surface area contributed by atoms with E-state index in [-0.39, 0.29) is 17.9 Å². The quantitative estimate of drug-likeness (QED) is 0.905. The van der Waals surface area contributed by atoms with E-state index in [0.717, 1.165) is 64.2 Å². The zero-order valence-electron chi connectivity index (χ0n) is 14.8. The van der Waals surface area contributed by atoms with Crippen LogP contribution in [0.4, 0.5) is 0 Å². The van der Waals surface area contributed by atoms with Gasteiger partial charge in [-0.2, -0.15) is 0 Å². The van der Waals surface area contributed by atoms with Crippen LogP contribution in [0.2, 0.25) is 0 Å². The molecule has 0 bridgehead atoms. The van der Waals surface area contributed by atoms with E-state index in [1.165, 1.54) is 0 Å². The standard InChI is InChI=1S/C20H28N2O3/c23-15-20-8-11-25-13-17(20)12-22(14-20)18-6-9-21(10-7-18)19(24)16-4-2-1-3-5-16/h1-5,17-18,23H,6-15H2/t17-,20-/m1/s1. The molecule has 3 fully saturated rings. The molecule has 0 unspecified atom stereocenters. The number of aliphatic hydroxyl groups is 1. The largest absolute Gasteiger partial charge is 0.396 e. The molecule has 1 aromatic carbocycles. The Morgan fingerprint density at radius 1 is 1.24 bits per heavy atom. The minimum atomic E-state index is 0.0369. The third-order valence-corrected chi connectivity index (χ3v) is 6.51. The van der Waals surface area contributed by atoms with Gasteiger partial charge in [-0.05, 0) is 31.4 Å². The Kier molecular flexibility index (Phi) is 4.80. The van der Waals surface area contributed by atoms with Gasteiger partial charge in [-0.1, -0.05) is 18.2 Å². The topological polar surface area (TPSA) is 53.0 Å². The predicted octanol–water partition coefficient (Wildman–Crippen LogP) is 1.62. The molecule has 3 aliphatic rings. The molecule has 4 rings (SSSR count). The molecule has 3 heterocycles. The second kappa shape index (κ2) is 7.06. The SMILES string of the molecule is O=C(c1ccccc1)N1CCC(N2C[C@@H]3COCC[C@]3(CO)C2)CC1. The Hall–Kier alpha value is -1.43. The lowest BCUT2D eigenvalue weighted by Crippen LogP contribution is -2.47. The molecule has 1 amide bonds. The average Bonchev–Trinajstić information content (AvgIpc) is 3.08. The minimum absolute atomic E-state index is 0.0369. The fourth-order valence-corrected chi connectivity index (χ4v) is 4.82. The Bertz CT molecular complexity index is 600. The summed E-state index contributed by atoms with van der Waals surface area (Å²) in [5.41, 5.74) is 0.819. The molecule has 3 aliphatic heterocycles. The number of likely N-dealkylation sites (tertiary alicyclic amines) is 2. The lowest BCUT2D eigenvalue weighted by molar-refractivity contribution is -0.0419. The fraction of sp³-hybridized carbons (Fsp3) is 0.650. The zero-order valence-corrected chi connectivity index (χ0v) is 14.8. The van der Waals surface area contributed by atoms with Gasteiger partial charge in [0.15, 0.2) is 0 Å². The summed E-state index contributed by atoms with van der Waals surface area (Å²) in [5, 5.41) is 9.97. The smallest absolute Gasteiger partial charge is 0.253 e. The summed E-state index contributed by atoms with van der Waals surface area (Å²) in [4.78, 5) is 17.1. The van der Waals surface area contributed by atoms with Crippen LogP contribution < -0.4 is 0 Å². The molecule has 1 N–H and O–H groups in total. The average molecular weight is 344 g/mol. The van der Waals surface area contributed by atoms with E-state index in [4.69, 9.17) is 4.74 Å². The monoisotopic (exact) mass is 344 g/mol. The van der Waals surface area contributed by atoms with Crippen molar-refractivity contribution >= 4 is 5.91 Å². The van der Waals surface area contributed by atoms with Crippen molar-refractivity contribution in [2.75, 3.05) is 46.0 Å². The van der Waals surface area contributed by atoms with Crippen LogP contribution in [0, 0.1) is 11.3 Å². The highest BCUT2D eigenvalue weighted by Gasteiger charge is 2.49. The molecule has 0 aliphatic carbocycles. The van der Waals surface area contributed by atoms with E-state index >= 15 is 0 Å². The maximum atomic E-state index is 12.6. The van der Waals surface area contributed by atoms with E-state index in [1.54, 1.807) is 0 Å². The van der Waals surface area contributed by atoms with Crippen molar-refractivity contribution in [3.05, 3.63) is 35.9 Å². The van der Waals surface area contributed by atoms with Crippen LogP contribution in [-0.4, -0.2) is 72.9 Å². The number of piperidine rings is 1. The van der Waals surface area contributed by atoms with Gasteiger partial charge in [-0.25, -0.2) is 0 Å². The maximum absolute atomic E-state index is 12.6. The van der Waals surface area contributed by atoms with Crippen molar-refractivity contribution in [3.8, 4) is 0 Å². The minimum Gasteiger partial charge on any atom is -0.396 e. The molecule has 25 heavy (non-hydrogen) atoms. The van der Waals surface area contributed by atoms with Crippen molar-refractivity contribution in [1.82, 2.24) is 9.80 Å². The van der Waals surface area contributed by atoms with Crippen molar-refractivity contribution in [1.29, 1.82) is 0 Å². The van der Waals surface area contributed by atoms with Crippen LogP contribution in [0.3, 0.4) is 0 Å². The van der Waals surface area contributed by atoms with E-state index in [2.05, 4.69) is 4.90 Å². The highest BCUT2D eigenvalue weighted by atomic mass is 16.5. The Morgan fingerprint density at radius 3 is 2.68 bits per heavy atom. The Morgan fingerprint density at radius 2 is 2.00 bits per heavy atom. The summed E-state index contributed by atoms with van der Waals surface area (Å²) in [6, 6.07) is 10.1. The predicted molar refractivity (Wildman–Crippen MR) is 95.4 cm³/mol. The highest BCUT2D eigenvalue weighted by Crippen LogP contribution is 2.43. The third-order valence-electron chi connectivity index (χ3n) is 6.51. The second-order valence-electron chi connectivity index (χ2n) is 7.86. The first-order chi connectivity index (χ1) is 12.2. The van der Waals surface area contributed by atoms with Crippen LogP contribution in [0.15, 0.2) is 30.3 Å². The molecule has 0 saturated carbocycles. The van der Waals surface area contributed by atoms with Crippen molar-refractivity contribution in [2.45, 2.75) is 25.3 Å². The molecule has 5 heteroatoms. The zero-order chi connectivity index (χ0) is 17.3. The summed E-state index contributed by atoms with van der Waals surface area (Å²) in [5.74, 6) is 0.601. The molecular weight excluding hydrogens is 316 g/mol. The van der Waals surface area contributed by atoms with Crippen LogP contribution in [0.5, 0.6) is 0 Å². The number of aliphatic hydroxyl groups excluding tert-OH is 1. The summed E-state index contributed by atoms with van der Waals surface area (Å²) in [7, 11) is 0. The van der Waals surface area contributed by atoms with Gasteiger partial charge < -0.3 is 14.7 Å². The molecule has 3 saturated heterocycles. The summed E-state index contributed by atoms with van der Waals surface area (Å²) >= 11 is 0. The molecule has 1 aromatic rings. The van der Waals surface area contributed by atoms with Crippen LogP contribution in [-0.2, 0) is 4.74 Å². The highest BCUT2D eigenvalue weighted by molar-refractivity contribution is 5.94. The maximum Gasteiger partial charge on any atom is 0.253 e. The number of rotatable bonds is 3. The number of ether oxygens (including phenoxy) is 1. The van der Waals surface area contributed by atoms with Gasteiger partial charge in [0, 0.05) is 55.7 Å². The summed E-state index contributed by atoms with van der Waals surface area (Å²) < 4.78 is 5.65. The van der Waals surface area contributed by atoms with E-state index < -0.39 is 0 Å². The number of hydrogen-bond donors (Lipinski definition) is 1. The molecule has 0 aromatic heterocycles. The molecule has 2 atom stereocenters. The fourth-order valence-electron chi connectivity index (χ4n) is 4.82. The van der Waals surface area contributed by atoms with Gasteiger partial charge in [0.25, 0.3) is 5.91 Å². The molecule has 136 valence electrons. The normalized spacial score (nSPS) is 31.1. The number of carbonyl (C=O) groups is 1. The van der Waals surface area contributed by atoms with Crippen LogP contribution in [0.25, 0.3) is 0 Å². The van der Waals surface area contributed by atoms with E-state index in [0.29, 0.717) is 12.0 Å². The number of carbonyl (C=O) groups excluding carboxylic acids is 1. The van der Waals surface area contributed by atoms with Gasteiger partial charge in [-0.15, -0.1) is 0 Å². The first-order valence-electron chi connectivity index (χ1n) is 9.49. The lowest BCUT2D eigenvalue weighted by Gasteiger charge is -2.38. The van der Waals surface area contributed by atoms with Gasteiger partial charge in [0.05, 0.1) is 13.2 Å². The van der Waals surface area contributed by atoms with Crippen molar-refractivity contribution in [3.63, 3.8) is 0 Å². The Balaban J connectivity index is 1.36. The first-order valence-corrected chi connectivity index (χ1v) is 9.49. The van der Waals surface area contributed by atoms with Crippen LogP contribution >= 0.6 is 0 Å². The number of hydrogen-bond acceptors (Lipinski definition) is 4. The Labute approximate surface area is 149 Å². The number of fused-ring (bicyclic) bond motifs is 1. The number of amides is 1. The van der Waals surface area contributed by atoms with E-state index in [1.807, 2.05) is 35.2 Å². The summed E-state index contributed by atoms with van der Waals surface area (Å²) in [6.45, 7) is 5.47. The van der Waals surface area contributed by atoms with Crippen molar-refractivity contribution in [2.24, 2.45) is 11.3 Å². The third kappa shape index (κ3) is 3.21. The van der Waals surface area contributed by atoms with Crippen LogP contribution in [0.1, 0.15) is 29.6 Å². The molecule has 0 spiro atoms. The number of nitrogens with zero attached hydrogens (tertiary/aromatic N) is 2. The van der Waals surface area contributed by atoms with Gasteiger partial charge in [0.1, 0.15) is 0 Å². The van der Waals surface area contributed by atoms with Gasteiger partial charge in [-0.3, -0.25) is 9.69 Å². The molecule has 0 radical (unpaired) electrons. The summed E-state index contributed by atoms with van der Waals surface area (Å²) in [6.07, 6.45) is 3.01.